The van der Waals surface area contributed by atoms with Gasteiger partial charge in [-0.3, -0.25) is 0 Å². The number of carbonyl (C=O) groups is 1. The Morgan fingerprint density at radius 1 is 1.24 bits per heavy atom. The van der Waals surface area contributed by atoms with Crippen LogP contribution < -0.4 is 10.2 Å². The second-order valence-electron chi connectivity index (χ2n) is 4.24. The lowest BCUT2D eigenvalue weighted by Crippen LogP contribution is -2.28. The zero-order chi connectivity index (χ0) is 11.8. The average Bonchev–Trinajstić information content (AvgIpc) is 2.89. The summed E-state index contributed by atoms with van der Waals surface area (Å²) in [4.78, 5) is 20.9. The van der Waals surface area contributed by atoms with E-state index in [1.54, 1.807) is 0 Å². The van der Waals surface area contributed by atoms with Crippen molar-refractivity contribution in [2.24, 2.45) is 0 Å². The van der Waals surface area contributed by atoms with Crippen LogP contribution in [0.25, 0.3) is 0 Å². The average molecular weight is 232 g/mol. The van der Waals surface area contributed by atoms with Crippen molar-refractivity contribution in [3.05, 3.63) is 29.1 Å². The first kappa shape index (κ1) is 10.2. The zero-order valence-electron chi connectivity index (χ0n) is 9.18. The fraction of sp³-hybridized carbons (Fsp3) is 0.364. The maximum Gasteiger partial charge on any atom is 0.338 e. The van der Waals surface area contributed by atoms with E-state index in [1.807, 2.05) is 0 Å². The molecule has 0 aromatic carbocycles. The van der Waals surface area contributed by atoms with Crippen molar-refractivity contribution in [3.8, 4) is 0 Å². The maximum absolute atomic E-state index is 10.7. The molecule has 0 unspecified atom stereocenters. The number of carboxylic acid groups (broad SMARTS) is 1. The van der Waals surface area contributed by atoms with E-state index in [-0.39, 0.29) is 5.56 Å². The molecule has 88 valence electrons. The van der Waals surface area contributed by atoms with Crippen LogP contribution in [0.3, 0.4) is 0 Å². The number of nitrogens with zero attached hydrogens (tertiary/aromatic N) is 3. The Morgan fingerprint density at radius 3 is 2.35 bits per heavy atom. The molecule has 17 heavy (non-hydrogen) atoms. The number of carboxylic acids is 1. The molecule has 0 saturated carbocycles. The van der Waals surface area contributed by atoms with E-state index >= 15 is 0 Å². The molecule has 2 N–H and O–H groups in total. The van der Waals surface area contributed by atoms with Crippen LogP contribution in [0.1, 0.15) is 10.4 Å². The predicted molar refractivity (Wildman–Crippen MR) is 61.1 cm³/mol. The highest BCUT2D eigenvalue weighted by atomic mass is 16.4. The number of aromatic carboxylic acids is 1. The lowest BCUT2D eigenvalue weighted by atomic mass is 10.2. The number of rotatable bonds is 2. The van der Waals surface area contributed by atoms with E-state index in [0.717, 1.165) is 26.2 Å². The first-order valence-electron chi connectivity index (χ1n) is 5.45. The number of aromatic nitrogens is 2. The van der Waals surface area contributed by atoms with Gasteiger partial charge in [0, 0.05) is 38.6 Å². The third-order valence-electron chi connectivity index (χ3n) is 3.11. The smallest absolute Gasteiger partial charge is 0.338 e. The van der Waals surface area contributed by atoms with Crippen LogP contribution in [0.4, 0.5) is 5.95 Å². The molecule has 0 fully saturated rings. The summed E-state index contributed by atoms with van der Waals surface area (Å²) < 4.78 is 0. The molecule has 2 aliphatic rings. The number of anilines is 1. The second kappa shape index (κ2) is 3.81. The minimum atomic E-state index is -0.997. The van der Waals surface area contributed by atoms with Gasteiger partial charge in [-0.1, -0.05) is 0 Å². The third kappa shape index (κ3) is 1.76. The molecule has 6 nitrogen and oxygen atoms in total. The molecule has 0 spiro atoms. The molecule has 6 heteroatoms. The van der Waals surface area contributed by atoms with Crippen LogP contribution in [0, 0.1) is 0 Å². The van der Waals surface area contributed by atoms with Crippen molar-refractivity contribution >= 4 is 11.9 Å². The van der Waals surface area contributed by atoms with Crippen molar-refractivity contribution in [3.63, 3.8) is 0 Å². The van der Waals surface area contributed by atoms with E-state index in [2.05, 4.69) is 20.2 Å². The first-order chi connectivity index (χ1) is 8.24. The predicted octanol–water partition coefficient (Wildman–Crippen LogP) is -0.105. The number of nitrogens with one attached hydrogen (secondary N) is 1. The van der Waals surface area contributed by atoms with E-state index < -0.39 is 5.97 Å². The summed E-state index contributed by atoms with van der Waals surface area (Å²) in [5.74, 6) is -0.396. The van der Waals surface area contributed by atoms with Gasteiger partial charge in [-0.05, 0) is 11.1 Å². The fourth-order valence-corrected chi connectivity index (χ4v) is 2.20. The van der Waals surface area contributed by atoms with E-state index in [4.69, 9.17) is 5.11 Å². The Morgan fingerprint density at radius 2 is 1.82 bits per heavy atom. The highest BCUT2D eigenvalue weighted by Gasteiger charge is 2.26. The van der Waals surface area contributed by atoms with E-state index in [1.165, 1.54) is 23.5 Å². The third-order valence-corrected chi connectivity index (χ3v) is 3.11. The van der Waals surface area contributed by atoms with Gasteiger partial charge in [0.2, 0.25) is 5.95 Å². The molecule has 0 saturated heterocycles. The Hall–Kier alpha value is -1.95. The topological polar surface area (TPSA) is 78.3 Å². The summed E-state index contributed by atoms with van der Waals surface area (Å²) in [5, 5.41) is 12.1. The molecule has 2 aliphatic heterocycles. The summed E-state index contributed by atoms with van der Waals surface area (Å²) in [6.07, 6.45) is 2.71. The normalized spacial score (nSPS) is 18.7. The Kier molecular flexibility index (Phi) is 2.29. The van der Waals surface area contributed by atoms with Crippen molar-refractivity contribution in [1.82, 2.24) is 15.3 Å². The van der Waals surface area contributed by atoms with Crippen LogP contribution in [-0.2, 0) is 0 Å². The van der Waals surface area contributed by atoms with Gasteiger partial charge in [0.15, 0.2) is 0 Å². The molecule has 3 heterocycles. The molecule has 0 amide bonds. The highest BCUT2D eigenvalue weighted by Crippen LogP contribution is 2.23. The summed E-state index contributed by atoms with van der Waals surface area (Å²) >= 11 is 0. The van der Waals surface area contributed by atoms with Crippen LogP contribution in [0.5, 0.6) is 0 Å². The lowest BCUT2D eigenvalue weighted by Gasteiger charge is -2.17. The van der Waals surface area contributed by atoms with E-state index in [9.17, 15) is 4.79 Å². The number of hydrogen-bond donors (Lipinski definition) is 2. The van der Waals surface area contributed by atoms with Gasteiger partial charge in [0.05, 0.1) is 5.56 Å². The highest BCUT2D eigenvalue weighted by molar-refractivity contribution is 5.86. The summed E-state index contributed by atoms with van der Waals surface area (Å²) in [7, 11) is 0. The lowest BCUT2D eigenvalue weighted by molar-refractivity contribution is 0.0696. The number of hydrogen-bond acceptors (Lipinski definition) is 5. The fourth-order valence-electron chi connectivity index (χ4n) is 2.20. The Labute approximate surface area is 98.0 Å². The Balaban J connectivity index is 1.76. The largest absolute Gasteiger partial charge is 0.478 e. The van der Waals surface area contributed by atoms with Crippen molar-refractivity contribution in [1.29, 1.82) is 0 Å². The van der Waals surface area contributed by atoms with Gasteiger partial charge >= 0.3 is 5.97 Å². The van der Waals surface area contributed by atoms with Gasteiger partial charge in [0.25, 0.3) is 0 Å². The maximum atomic E-state index is 10.7. The molecular formula is C11H12N4O2. The van der Waals surface area contributed by atoms with Crippen LogP contribution >= 0.6 is 0 Å². The minimum Gasteiger partial charge on any atom is -0.478 e. The van der Waals surface area contributed by atoms with Gasteiger partial charge in [-0.2, -0.15) is 0 Å². The molecule has 0 aliphatic carbocycles. The molecule has 0 radical (unpaired) electrons. The molecular weight excluding hydrogens is 220 g/mol. The van der Waals surface area contributed by atoms with Crippen molar-refractivity contribution in [2.75, 3.05) is 31.1 Å². The monoisotopic (exact) mass is 232 g/mol. The summed E-state index contributed by atoms with van der Waals surface area (Å²) in [6.45, 7) is 3.57. The molecule has 1 aromatic rings. The van der Waals surface area contributed by atoms with Gasteiger partial charge < -0.3 is 15.3 Å². The van der Waals surface area contributed by atoms with Crippen LogP contribution in [0.2, 0.25) is 0 Å². The van der Waals surface area contributed by atoms with Crippen molar-refractivity contribution < 1.29 is 9.90 Å². The second-order valence-corrected chi connectivity index (χ2v) is 4.24. The molecule has 3 rings (SSSR count). The van der Waals surface area contributed by atoms with Gasteiger partial charge in [-0.25, -0.2) is 14.8 Å². The SMILES string of the molecule is O=C(O)c1cnc(N2CC3=C(CNC3)C2)nc1. The zero-order valence-corrected chi connectivity index (χ0v) is 9.18. The summed E-state index contributed by atoms with van der Waals surface area (Å²) in [5.41, 5.74) is 2.95. The van der Waals surface area contributed by atoms with Gasteiger partial charge in [0.1, 0.15) is 0 Å². The van der Waals surface area contributed by atoms with Crippen LogP contribution in [-0.4, -0.2) is 47.2 Å². The minimum absolute atomic E-state index is 0.120. The quantitative estimate of drug-likeness (QED) is 0.693. The molecule has 1 aromatic heterocycles. The Bertz CT molecular complexity index is 479. The summed E-state index contributed by atoms with van der Waals surface area (Å²) in [6, 6.07) is 0. The van der Waals surface area contributed by atoms with Crippen LogP contribution in [0.15, 0.2) is 23.5 Å². The molecule has 0 bridgehead atoms. The standard InChI is InChI=1S/C11H12N4O2/c16-10(17)7-3-13-11(14-4-7)15-5-8-1-12-2-9(8)6-15/h3-4,12H,1-2,5-6H2,(H,16,17). The van der Waals surface area contributed by atoms with Crippen molar-refractivity contribution in [2.45, 2.75) is 0 Å². The van der Waals surface area contributed by atoms with E-state index in [0.29, 0.717) is 5.95 Å². The molecule has 0 atom stereocenters. The first-order valence-corrected chi connectivity index (χ1v) is 5.45. The van der Waals surface area contributed by atoms with Gasteiger partial charge in [-0.15, -0.1) is 0 Å².